The average Bonchev–Trinajstić information content (AvgIpc) is 2.57. The predicted molar refractivity (Wildman–Crippen MR) is 64.1 cm³/mol. The molecule has 90 valence electrons. The molecule has 0 N–H and O–H groups in total. The van der Waals surface area contributed by atoms with E-state index in [1.807, 2.05) is 6.92 Å². The van der Waals surface area contributed by atoms with Crippen molar-refractivity contribution in [2.75, 3.05) is 6.54 Å². The maximum Gasteiger partial charge on any atom is 0.263 e. The van der Waals surface area contributed by atoms with Crippen LogP contribution >= 0.6 is 23.2 Å². The molecule has 1 aromatic heterocycles. The molecule has 0 bridgehead atoms. The summed E-state index contributed by atoms with van der Waals surface area (Å²) < 4.78 is 0. The lowest BCUT2D eigenvalue weighted by Crippen LogP contribution is -2.32. The second-order valence-corrected chi connectivity index (χ2v) is 4.84. The molecule has 1 aliphatic rings. The predicted octanol–water partition coefficient (Wildman–Crippen LogP) is 2.40. The fourth-order valence-electron chi connectivity index (χ4n) is 1.80. The molecule has 1 aromatic rings. The lowest BCUT2D eigenvalue weighted by atomic mass is 10.2. The van der Waals surface area contributed by atoms with Gasteiger partial charge in [-0.25, -0.2) is 4.98 Å². The first-order valence-corrected chi connectivity index (χ1v) is 5.91. The SMILES string of the molecule is CC1CC(=O)N(C(=O)c2ccc(Cl)nc2Cl)C1. The van der Waals surface area contributed by atoms with Gasteiger partial charge in [-0.2, -0.15) is 0 Å². The first-order valence-electron chi connectivity index (χ1n) is 5.15. The summed E-state index contributed by atoms with van der Waals surface area (Å²) in [6, 6.07) is 2.96. The van der Waals surface area contributed by atoms with Crippen molar-refractivity contribution in [3.63, 3.8) is 0 Å². The van der Waals surface area contributed by atoms with Gasteiger partial charge in [0.05, 0.1) is 5.56 Å². The molecule has 1 atom stereocenters. The number of rotatable bonds is 1. The summed E-state index contributed by atoms with van der Waals surface area (Å²) in [5.74, 6) is -0.396. The quantitative estimate of drug-likeness (QED) is 0.583. The van der Waals surface area contributed by atoms with Crippen molar-refractivity contribution in [1.82, 2.24) is 9.88 Å². The van der Waals surface area contributed by atoms with Crippen LogP contribution in [-0.2, 0) is 4.79 Å². The number of imide groups is 1. The fourth-order valence-corrected chi connectivity index (χ4v) is 2.23. The van der Waals surface area contributed by atoms with Crippen LogP contribution in [0, 0.1) is 5.92 Å². The van der Waals surface area contributed by atoms with Gasteiger partial charge in [-0.15, -0.1) is 0 Å². The Hall–Kier alpha value is -1.13. The zero-order valence-electron chi connectivity index (χ0n) is 9.11. The number of amides is 2. The van der Waals surface area contributed by atoms with E-state index >= 15 is 0 Å². The highest BCUT2D eigenvalue weighted by molar-refractivity contribution is 6.34. The molecule has 0 radical (unpaired) electrons. The van der Waals surface area contributed by atoms with Crippen molar-refractivity contribution in [1.29, 1.82) is 0 Å². The number of likely N-dealkylation sites (tertiary alicyclic amines) is 1. The second-order valence-electron chi connectivity index (χ2n) is 4.09. The Labute approximate surface area is 109 Å². The van der Waals surface area contributed by atoms with E-state index in [1.54, 1.807) is 0 Å². The highest BCUT2D eigenvalue weighted by Crippen LogP contribution is 2.23. The van der Waals surface area contributed by atoms with Crippen LogP contribution in [0.15, 0.2) is 12.1 Å². The Balaban J connectivity index is 2.28. The van der Waals surface area contributed by atoms with Gasteiger partial charge >= 0.3 is 0 Å². The van der Waals surface area contributed by atoms with Crippen LogP contribution in [0.25, 0.3) is 0 Å². The van der Waals surface area contributed by atoms with Crippen LogP contribution in [0.3, 0.4) is 0 Å². The van der Waals surface area contributed by atoms with Crippen molar-refractivity contribution in [2.24, 2.45) is 5.92 Å². The summed E-state index contributed by atoms with van der Waals surface area (Å²) in [6.07, 6.45) is 0.393. The van der Waals surface area contributed by atoms with E-state index in [0.29, 0.717) is 13.0 Å². The first-order chi connectivity index (χ1) is 7.99. The second kappa shape index (κ2) is 4.63. The molecule has 2 heterocycles. The number of halogens is 2. The van der Waals surface area contributed by atoms with Gasteiger partial charge in [-0.3, -0.25) is 14.5 Å². The Morgan fingerprint density at radius 3 is 2.71 bits per heavy atom. The summed E-state index contributed by atoms with van der Waals surface area (Å²) in [5, 5.41) is 0.238. The van der Waals surface area contributed by atoms with Gasteiger partial charge in [0.1, 0.15) is 10.3 Å². The molecule has 1 aliphatic heterocycles. The Morgan fingerprint density at radius 2 is 2.18 bits per heavy atom. The highest BCUT2D eigenvalue weighted by atomic mass is 35.5. The molecule has 0 aliphatic carbocycles. The zero-order chi connectivity index (χ0) is 12.6. The van der Waals surface area contributed by atoms with Crippen molar-refractivity contribution in [2.45, 2.75) is 13.3 Å². The van der Waals surface area contributed by atoms with E-state index < -0.39 is 5.91 Å². The molecular formula is C11H10Cl2N2O2. The molecule has 1 fully saturated rings. The van der Waals surface area contributed by atoms with Gasteiger partial charge in [0, 0.05) is 13.0 Å². The summed E-state index contributed by atoms with van der Waals surface area (Å²) in [7, 11) is 0. The number of nitrogens with zero attached hydrogens (tertiary/aromatic N) is 2. The fraction of sp³-hybridized carbons (Fsp3) is 0.364. The number of carbonyl (C=O) groups is 2. The molecule has 1 saturated heterocycles. The topological polar surface area (TPSA) is 50.3 Å². The number of carbonyl (C=O) groups excluding carboxylic acids is 2. The number of aromatic nitrogens is 1. The Bertz CT molecular complexity index is 490. The van der Waals surface area contributed by atoms with Gasteiger partial charge in [0.2, 0.25) is 5.91 Å². The molecule has 2 amide bonds. The van der Waals surface area contributed by atoms with Gasteiger partial charge in [0.25, 0.3) is 5.91 Å². The lowest BCUT2D eigenvalue weighted by molar-refractivity contribution is -0.125. The molecular weight excluding hydrogens is 263 g/mol. The molecule has 0 saturated carbocycles. The third-order valence-corrected chi connectivity index (χ3v) is 3.11. The largest absolute Gasteiger partial charge is 0.278 e. The van der Waals surface area contributed by atoms with Crippen LogP contribution in [0.2, 0.25) is 10.3 Å². The van der Waals surface area contributed by atoms with Crippen molar-refractivity contribution in [3.05, 3.63) is 28.0 Å². The third kappa shape index (κ3) is 2.42. The summed E-state index contributed by atoms with van der Waals surface area (Å²) in [4.78, 5) is 28.7. The maximum absolute atomic E-state index is 12.1. The zero-order valence-corrected chi connectivity index (χ0v) is 10.6. The van der Waals surface area contributed by atoms with Crippen molar-refractivity contribution in [3.8, 4) is 0 Å². The molecule has 0 aromatic carbocycles. The van der Waals surface area contributed by atoms with Crippen LogP contribution in [0.4, 0.5) is 0 Å². The van der Waals surface area contributed by atoms with E-state index in [9.17, 15) is 9.59 Å². The van der Waals surface area contributed by atoms with E-state index in [4.69, 9.17) is 23.2 Å². The van der Waals surface area contributed by atoms with E-state index in [0.717, 1.165) is 0 Å². The van der Waals surface area contributed by atoms with Gasteiger partial charge < -0.3 is 0 Å². The number of hydrogen-bond donors (Lipinski definition) is 0. The van der Waals surface area contributed by atoms with Crippen LogP contribution in [0.1, 0.15) is 23.7 Å². The van der Waals surface area contributed by atoms with Crippen LogP contribution in [-0.4, -0.2) is 28.2 Å². The molecule has 6 heteroatoms. The molecule has 2 rings (SSSR count). The molecule has 4 nitrogen and oxygen atoms in total. The van der Waals surface area contributed by atoms with Crippen LogP contribution in [0.5, 0.6) is 0 Å². The summed E-state index contributed by atoms with van der Waals surface area (Å²) >= 11 is 11.5. The maximum atomic E-state index is 12.1. The molecule has 17 heavy (non-hydrogen) atoms. The van der Waals surface area contributed by atoms with E-state index in [-0.39, 0.29) is 27.7 Å². The average molecular weight is 273 g/mol. The summed E-state index contributed by atoms with van der Waals surface area (Å²) in [6.45, 7) is 2.35. The standard InChI is InChI=1S/C11H10Cl2N2O2/c1-6-4-9(16)15(5-6)11(17)7-2-3-8(12)14-10(7)13/h2-3,6H,4-5H2,1H3. The monoisotopic (exact) mass is 272 g/mol. The Morgan fingerprint density at radius 1 is 1.47 bits per heavy atom. The number of hydrogen-bond acceptors (Lipinski definition) is 3. The summed E-state index contributed by atoms with van der Waals surface area (Å²) in [5.41, 5.74) is 0.207. The lowest BCUT2D eigenvalue weighted by Gasteiger charge is -2.14. The van der Waals surface area contributed by atoms with Gasteiger partial charge in [0.15, 0.2) is 0 Å². The smallest absolute Gasteiger partial charge is 0.263 e. The first kappa shape index (κ1) is 12.3. The van der Waals surface area contributed by atoms with E-state index in [1.165, 1.54) is 17.0 Å². The normalized spacial score (nSPS) is 19.8. The third-order valence-electron chi connectivity index (χ3n) is 2.61. The minimum absolute atomic E-state index is 0.0230. The van der Waals surface area contributed by atoms with Crippen molar-refractivity contribution < 1.29 is 9.59 Å². The minimum atomic E-state index is -0.409. The highest BCUT2D eigenvalue weighted by Gasteiger charge is 2.32. The van der Waals surface area contributed by atoms with Crippen molar-refractivity contribution >= 4 is 35.0 Å². The minimum Gasteiger partial charge on any atom is -0.278 e. The van der Waals surface area contributed by atoms with Crippen LogP contribution < -0.4 is 0 Å². The van der Waals surface area contributed by atoms with E-state index in [2.05, 4.69) is 4.98 Å². The Kier molecular flexibility index (Phi) is 3.35. The number of pyridine rings is 1. The molecule has 1 unspecified atom stereocenters. The molecule has 0 spiro atoms. The van der Waals surface area contributed by atoms with Gasteiger partial charge in [-0.05, 0) is 18.1 Å². The van der Waals surface area contributed by atoms with Gasteiger partial charge in [-0.1, -0.05) is 30.1 Å².